The molecule has 0 saturated carbocycles. The van der Waals surface area contributed by atoms with Crippen molar-refractivity contribution in [1.82, 2.24) is 0 Å². The van der Waals surface area contributed by atoms with Crippen LogP contribution in [0.15, 0.2) is 12.2 Å². The second-order valence-corrected chi connectivity index (χ2v) is 20.7. The molecule has 1 N–H and O–H groups in total. The predicted molar refractivity (Wildman–Crippen MR) is 261 cm³/mol. The van der Waals surface area contributed by atoms with Gasteiger partial charge in [-0.25, -0.2) is 4.57 Å². The molecule has 0 spiro atoms. The van der Waals surface area contributed by atoms with Gasteiger partial charge in [0, 0.05) is 13.0 Å². The summed E-state index contributed by atoms with van der Waals surface area (Å²) in [6, 6.07) is 0. The first kappa shape index (κ1) is 60.2. The molecule has 0 aliphatic heterocycles. The maximum atomic E-state index is 12.8. The maximum absolute atomic E-state index is 12.8. The molecule has 0 radical (unpaired) electrons. The SMILES string of the molecule is CCCCCCCCCC/C=C\CCCCCCCCCCCCCC(=O)OC(COCCCCCCCCCCCCCCCCCC)COP(=O)(O)OCC[N+](C)(C)C. The number of allylic oxidation sites excluding steroid dienone is 2. The fourth-order valence-corrected chi connectivity index (χ4v) is 8.47. The van der Waals surface area contributed by atoms with Crippen LogP contribution in [0.5, 0.6) is 0 Å². The summed E-state index contributed by atoms with van der Waals surface area (Å²) in [7, 11) is 1.68. The first-order valence-electron chi connectivity index (χ1n) is 26.4. The van der Waals surface area contributed by atoms with Gasteiger partial charge in [-0.1, -0.05) is 225 Å². The Morgan fingerprint density at radius 3 is 1.25 bits per heavy atom. The van der Waals surface area contributed by atoms with Crippen molar-refractivity contribution in [1.29, 1.82) is 0 Å². The quantitative estimate of drug-likeness (QED) is 0.0214. The third-order valence-electron chi connectivity index (χ3n) is 11.8. The van der Waals surface area contributed by atoms with Gasteiger partial charge in [0.15, 0.2) is 0 Å². The van der Waals surface area contributed by atoms with Gasteiger partial charge in [0.2, 0.25) is 0 Å². The highest BCUT2D eigenvalue weighted by molar-refractivity contribution is 7.47. The average Bonchev–Trinajstić information content (AvgIpc) is 3.22. The zero-order valence-electron chi connectivity index (χ0n) is 41.4. The van der Waals surface area contributed by atoms with Gasteiger partial charge in [-0.05, 0) is 38.5 Å². The smallest absolute Gasteiger partial charge is 0.457 e. The highest BCUT2D eigenvalue weighted by atomic mass is 31.2. The van der Waals surface area contributed by atoms with Crippen molar-refractivity contribution < 1.29 is 37.3 Å². The fraction of sp³-hybridized carbons (Fsp3) is 0.942. The van der Waals surface area contributed by atoms with Crippen molar-refractivity contribution in [3.8, 4) is 0 Å². The van der Waals surface area contributed by atoms with Gasteiger partial charge >= 0.3 is 13.8 Å². The van der Waals surface area contributed by atoms with Crippen molar-refractivity contribution in [2.24, 2.45) is 0 Å². The number of phosphoric ester groups is 1. The number of hydrogen-bond acceptors (Lipinski definition) is 6. The molecule has 2 atom stereocenters. The van der Waals surface area contributed by atoms with E-state index >= 15 is 0 Å². The van der Waals surface area contributed by atoms with E-state index in [1.165, 1.54) is 205 Å². The lowest BCUT2D eigenvalue weighted by molar-refractivity contribution is -0.870. The fourth-order valence-electron chi connectivity index (χ4n) is 7.73. The Morgan fingerprint density at radius 1 is 0.492 bits per heavy atom. The average molecular weight is 887 g/mol. The number of esters is 1. The Hall–Kier alpha value is -0.760. The highest BCUT2D eigenvalue weighted by Crippen LogP contribution is 2.43. The van der Waals surface area contributed by atoms with E-state index in [0.29, 0.717) is 24.1 Å². The van der Waals surface area contributed by atoms with Crippen molar-refractivity contribution in [3.63, 3.8) is 0 Å². The molecule has 0 heterocycles. The summed E-state index contributed by atoms with van der Waals surface area (Å²) in [5, 5.41) is 0. The lowest BCUT2D eigenvalue weighted by atomic mass is 10.0. The lowest BCUT2D eigenvalue weighted by Gasteiger charge is -2.24. The van der Waals surface area contributed by atoms with Crippen LogP contribution >= 0.6 is 7.82 Å². The summed E-state index contributed by atoms with van der Waals surface area (Å²) in [6.45, 7) is 5.69. The molecule has 0 aliphatic rings. The molecule has 0 aromatic carbocycles. The molecular formula is C52H105NO7P+. The Bertz CT molecular complexity index is 987. The van der Waals surface area contributed by atoms with Crippen molar-refractivity contribution >= 4 is 13.8 Å². The second kappa shape index (κ2) is 45.8. The number of carbonyl (C=O) groups is 1. The molecule has 0 aliphatic carbocycles. The van der Waals surface area contributed by atoms with E-state index in [1.807, 2.05) is 21.1 Å². The molecule has 0 fully saturated rings. The zero-order valence-corrected chi connectivity index (χ0v) is 42.3. The molecule has 364 valence electrons. The van der Waals surface area contributed by atoms with Crippen LogP contribution in [0.2, 0.25) is 0 Å². The van der Waals surface area contributed by atoms with E-state index in [2.05, 4.69) is 26.0 Å². The van der Waals surface area contributed by atoms with Gasteiger partial charge in [0.25, 0.3) is 0 Å². The molecule has 8 nitrogen and oxygen atoms in total. The van der Waals surface area contributed by atoms with Crippen LogP contribution in [0, 0.1) is 0 Å². The van der Waals surface area contributed by atoms with Crippen LogP contribution in [-0.4, -0.2) is 75.6 Å². The lowest BCUT2D eigenvalue weighted by Crippen LogP contribution is -2.37. The van der Waals surface area contributed by atoms with Crippen LogP contribution in [0.1, 0.15) is 258 Å². The zero-order chi connectivity index (χ0) is 44.8. The number of rotatable bonds is 50. The number of carbonyl (C=O) groups excluding carboxylic acids is 1. The molecule has 9 heteroatoms. The van der Waals surface area contributed by atoms with Crippen molar-refractivity contribution in [2.75, 3.05) is 54.1 Å². The van der Waals surface area contributed by atoms with Gasteiger partial charge in [-0.2, -0.15) is 0 Å². The van der Waals surface area contributed by atoms with E-state index in [-0.39, 0.29) is 25.8 Å². The minimum absolute atomic E-state index is 0.0923. The summed E-state index contributed by atoms with van der Waals surface area (Å²) in [6.07, 6.45) is 52.6. The molecular weight excluding hydrogens is 782 g/mol. The number of nitrogens with zero attached hydrogens (tertiary/aromatic N) is 1. The molecule has 0 amide bonds. The largest absolute Gasteiger partial charge is 0.472 e. The number of unbranched alkanes of at least 4 members (excludes halogenated alkanes) is 34. The third-order valence-corrected chi connectivity index (χ3v) is 12.8. The Balaban J connectivity index is 4.07. The van der Waals surface area contributed by atoms with E-state index in [0.717, 1.165) is 32.1 Å². The number of hydrogen-bond donors (Lipinski definition) is 1. The van der Waals surface area contributed by atoms with Crippen LogP contribution < -0.4 is 0 Å². The van der Waals surface area contributed by atoms with E-state index in [9.17, 15) is 14.3 Å². The van der Waals surface area contributed by atoms with Crippen LogP contribution in [0.4, 0.5) is 0 Å². The normalized spacial score (nSPS) is 13.6. The first-order chi connectivity index (χ1) is 29.6. The summed E-state index contributed by atoms with van der Waals surface area (Å²) < 4.78 is 35.2. The maximum Gasteiger partial charge on any atom is 0.472 e. The van der Waals surface area contributed by atoms with Crippen molar-refractivity contribution in [2.45, 2.75) is 264 Å². The summed E-state index contributed by atoms with van der Waals surface area (Å²) in [4.78, 5) is 23.0. The van der Waals surface area contributed by atoms with E-state index in [4.69, 9.17) is 18.5 Å². The summed E-state index contributed by atoms with van der Waals surface area (Å²) in [5.74, 6) is -0.308. The molecule has 0 rings (SSSR count). The topological polar surface area (TPSA) is 91.3 Å². The molecule has 2 unspecified atom stereocenters. The molecule has 0 saturated heterocycles. The molecule has 0 aromatic rings. The minimum Gasteiger partial charge on any atom is -0.457 e. The standard InChI is InChI=1S/C52H104NO7P/c1-6-8-10-12-14-16-18-20-22-24-25-26-27-28-29-30-31-33-35-37-39-41-43-45-52(54)60-51(50-59-61(55,56)58-48-46-53(3,4)5)49-57-47-44-42-40-38-36-34-32-23-21-19-17-15-13-11-9-7-2/h24-25,51H,6-23,26-50H2,1-5H3/p+1/b25-24-. The second-order valence-electron chi connectivity index (χ2n) is 19.3. The summed E-state index contributed by atoms with van der Waals surface area (Å²) in [5.41, 5.74) is 0. The number of ether oxygens (including phenoxy) is 2. The number of phosphoric acid groups is 1. The first-order valence-corrected chi connectivity index (χ1v) is 27.9. The van der Waals surface area contributed by atoms with E-state index in [1.54, 1.807) is 0 Å². The van der Waals surface area contributed by atoms with E-state index < -0.39 is 13.9 Å². The minimum atomic E-state index is -4.27. The molecule has 0 bridgehead atoms. The number of likely N-dealkylation sites (N-methyl/N-ethyl adjacent to an activating group) is 1. The Morgan fingerprint density at radius 2 is 0.852 bits per heavy atom. The summed E-state index contributed by atoms with van der Waals surface area (Å²) >= 11 is 0. The van der Waals surface area contributed by atoms with Crippen molar-refractivity contribution in [3.05, 3.63) is 12.2 Å². The van der Waals surface area contributed by atoms with Gasteiger partial charge in [0.1, 0.15) is 19.3 Å². The highest BCUT2D eigenvalue weighted by Gasteiger charge is 2.26. The van der Waals surface area contributed by atoms with Crippen LogP contribution in [-0.2, 0) is 27.9 Å². The Labute approximate surface area is 380 Å². The third kappa shape index (κ3) is 50.1. The monoisotopic (exact) mass is 887 g/mol. The predicted octanol–water partition coefficient (Wildman–Crippen LogP) is 16.2. The van der Waals surface area contributed by atoms with Crippen LogP contribution in [0.3, 0.4) is 0 Å². The Kier molecular flexibility index (Phi) is 45.2. The van der Waals surface area contributed by atoms with Gasteiger partial charge in [-0.15, -0.1) is 0 Å². The van der Waals surface area contributed by atoms with Gasteiger partial charge < -0.3 is 18.9 Å². The van der Waals surface area contributed by atoms with Gasteiger partial charge in [0.05, 0.1) is 34.4 Å². The van der Waals surface area contributed by atoms with Crippen LogP contribution in [0.25, 0.3) is 0 Å². The van der Waals surface area contributed by atoms with Gasteiger partial charge in [-0.3, -0.25) is 13.8 Å². The molecule has 0 aromatic heterocycles. The number of quaternary nitrogens is 1. The molecule has 61 heavy (non-hydrogen) atoms.